The zero-order chi connectivity index (χ0) is 10.5. The van der Waals surface area contributed by atoms with Gasteiger partial charge in [0.2, 0.25) is 0 Å². The van der Waals surface area contributed by atoms with Crippen LogP contribution in [0.4, 0.5) is 0 Å². The van der Waals surface area contributed by atoms with Gasteiger partial charge in [0.15, 0.2) is 0 Å². The molecule has 0 aliphatic rings. The van der Waals surface area contributed by atoms with Gasteiger partial charge in [0.05, 0.1) is 11.2 Å². The summed E-state index contributed by atoms with van der Waals surface area (Å²) in [7, 11) is 0. The Hall–Kier alpha value is -1.26. The van der Waals surface area contributed by atoms with Gasteiger partial charge in [-0.3, -0.25) is 9.97 Å². The largest absolute Gasteiger partial charge is 0.304 e. The van der Waals surface area contributed by atoms with Crippen molar-refractivity contribution >= 4 is 11.3 Å². The van der Waals surface area contributed by atoms with Crippen molar-refractivity contribution < 1.29 is 0 Å². The second kappa shape index (κ2) is 5.00. The average Bonchev–Trinajstić information content (AvgIpc) is 2.80. The summed E-state index contributed by atoms with van der Waals surface area (Å²) in [6.45, 7) is 2.96. The second-order valence-corrected chi connectivity index (χ2v) is 4.30. The fourth-order valence-corrected chi connectivity index (χ4v) is 1.87. The minimum Gasteiger partial charge on any atom is -0.304 e. The molecule has 2 rings (SSSR count). The summed E-state index contributed by atoms with van der Waals surface area (Å²) in [5.41, 5.74) is 2.92. The van der Waals surface area contributed by atoms with Crippen LogP contribution in [0.5, 0.6) is 0 Å². The maximum atomic E-state index is 4.30. The molecule has 2 heterocycles. The van der Waals surface area contributed by atoms with E-state index in [1.807, 2.05) is 36.1 Å². The molecule has 3 nitrogen and oxygen atoms in total. The van der Waals surface area contributed by atoms with E-state index in [0.29, 0.717) is 0 Å². The van der Waals surface area contributed by atoms with Gasteiger partial charge in [-0.25, -0.2) is 0 Å². The molecule has 0 spiro atoms. The van der Waals surface area contributed by atoms with E-state index in [0.717, 1.165) is 12.2 Å². The first-order chi connectivity index (χ1) is 7.36. The van der Waals surface area contributed by atoms with Crippen molar-refractivity contribution in [2.75, 3.05) is 0 Å². The van der Waals surface area contributed by atoms with E-state index in [9.17, 15) is 0 Å². The summed E-state index contributed by atoms with van der Waals surface area (Å²) < 4.78 is 0. The Kier molecular flexibility index (Phi) is 3.42. The SMILES string of the molecule is CC(NCc1cncs1)c1ccccn1. The van der Waals surface area contributed by atoms with Crippen molar-refractivity contribution in [2.45, 2.75) is 19.5 Å². The fraction of sp³-hybridized carbons (Fsp3) is 0.273. The molecule has 0 aliphatic carbocycles. The average molecular weight is 219 g/mol. The molecule has 0 saturated carbocycles. The van der Waals surface area contributed by atoms with Crippen molar-refractivity contribution in [1.82, 2.24) is 15.3 Å². The van der Waals surface area contributed by atoms with E-state index < -0.39 is 0 Å². The summed E-state index contributed by atoms with van der Waals surface area (Å²) in [4.78, 5) is 9.59. The third-order valence-electron chi connectivity index (χ3n) is 2.20. The molecule has 0 bridgehead atoms. The molecule has 15 heavy (non-hydrogen) atoms. The van der Waals surface area contributed by atoms with Gasteiger partial charge in [-0.15, -0.1) is 11.3 Å². The fourth-order valence-electron chi connectivity index (χ4n) is 1.32. The van der Waals surface area contributed by atoms with Crippen LogP contribution in [0, 0.1) is 0 Å². The first kappa shape index (κ1) is 10.3. The Morgan fingerprint density at radius 3 is 3.07 bits per heavy atom. The molecule has 4 heteroatoms. The molecule has 0 radical (unpaired) electrons. The number of nitrogens with one attached hydrogen (secondary N) is 1. The molecule has 0 amide bonds. The predicted octanol–water partition coefficient (Wildman–Crippen LogP) is 2.39. The first-order valence-corrected chi connectivity index (χ1v) is 5.76. The number of thiazole rings is 1. The number of hydrogen-bond acceptors (Lipinski definition) is 4. The number of aromatic nitrogens is 2. The highest BCUT2D eigenvalue weighted by atomic mass is 32.1. The van der Waals surface area contributed by atoms with Gasteiger partial charge in [0, 0.05) is 29.9 Å². The molecule has 0 saturated heterocycles. The lowest BCUT2D eigenvalue weighted by Gasteiger charge is -2.11. The van der Waals surface area contributed by atoms with Crippen molar-refractivity contribution in [3.8, 4) is 0 Å². The lowest BCUT2D eigenvalue weighted by molar-refractivity contribution is 0.565. The Bertz CT molecular complexity index is 385. The number of hydrogen-bond donors (Lipinski definition) is 1. The Balaban J connectivity index is 1.90. The molecular weight excluding hydrogens is 206 g/mol. The summed E-state index contributed by atoms with van der Waals surface area (Å²) in [6, 6.07) is 6.24. The zero-order valence-electron chi connectivity index (χ0n) is 8.55. The second-order valence-electron chi connectivity index (χ2n) is 3.32. The van der Waals surface area contributed by atoms with Crippen LogP contribution in [0.25, 0.3) is 0 Å². The van der Waals surface area contributed by atoms with Gasteiger partial charge in [0.25, 0.3) is 0 Å². The molecule has 1 N–H and O–H groups in total. The predicted molar refractivity (Wildman–Crippen MR) is 61.6 cm³/mol. The monoisotopic (exact) mass is 219 g/mol. The van der Waals surface area contributed by atoms with Gasteiger partial charge in [0.1, 0.15) is 0 Å². The van der Waals surface area contributed by atoms with Crippen LogP contribution >= 0.6 is 11.3 Å². The molecular formula is C11H13N3S. The number of rotatable bonds is 4. The van der Waals surface area contributed by atoms with Crippen LogP contribution in [-0.2, 0) is 6.54 Å². The topological polar surface area (TPSA) is 37.8 Å². The summed E-state index contributed by atoms with van der Waals surface area (Å²) >= 11 is 1.67. The Morgan fingerprint density at radius 1 is 1.47 bits per heavy atom. The van der Waals surface area contributed by atoms with Crippen molar-refractivity contribution in [2.24, 2.45) is 0 Å². The quantitative estimate of drug-likeness (QED) is 0.858. The Morgan fingerprint density at radius 2 is 2.40 bits per heavy atom. The van der Waals surface area contributed by atoms with E-state index in [4.69, 9.17) is 0 Å². The lowest BCUT2D eigenvalue weighted by Crippen LogP contribution is -2.18. The van der Waals surface area contributed by atoms with Crippen molar-refractivity contribution in [3.05, 3.63) is 46.7 Å². The maximum absolute atomic E-state index is 4.30. The van der Waals surface area contributed by atoms with E-state index in [-0.39, 0.29) is 6.04 Å². The third kappa shape index (κ3) is 2.84. The zero-order valence-corrected chi connectivity index (χ0v) is 9.37. The van der Waals surface area contributed by atoms with Crippen LogP contribution < -0.4 is 5.32 Å². The van der Waals surface area contributed by atoms with Crippen LogP contribution in [0.15, 0.2) is 36.1 Å². The van der Waals surface area contributed by atoms with E-state index in [1.165, 1.54) is 4.88 Å². The van der Waals surface area contributed by atoms with Gasteiger partial charge < -0.3 is 5.32 Å². The standard InChI is InChI=1S/C11H13N3S/c1-9(11-4-2-3-5-13-11)14-7-10-6-12-8-15-10/h2-6,8-9,14H,7H2,1H3. The molecule has 0 aliphatic heterocycles. The van der Waals surface area contributed by atoms with Gasteiger partial charge in [-0.05, 0) is 19.1 Å². The minimum atomic E-state index is 0.272. The smallest absolute Gasteiger partial charge is 0.0794 e. The lowest BCUT2D eigenvalue weighted by atomic mass is 10.2. The third-order valence-corrected chi connectivity index (χ3v) is 2.98. The van der Waals surface area contributed by atoms with Gasteiger partial charge >= 0.3 is 0 Å². The van der Waals surface area contributed by atoms with Crippen LogP contribution in [0.2, 0.25) is 0 Å². The maximum Gasteiger partial charge on any atom is 0.0794 e. The summed E-state index contributed by atoms with van der Waals surface area (Å²) in [5, 5.41) is 3.41. The van der Waals surface area contributed by atoms with Crippen molar-refractivity contribution in [1.29, 1.82) is 0 Å². The van der Waals surface area contributed by atoms with Gasteiger partial charge in [-0.1, -0.05) is 6.07 Å². The molecule has 0 aromatic carbocycles. The number of nitrogens with zero attached hydrogens (tertiary/aromatic N) is 2. The van der Waals surface area contributed by atoms with Crippen LogP contribution in [-0.4, -0.2) is 9.97 Å². The van der Waals surface area contributed by atoms with E-state index in [2.05, 4.69) is 22.2 Å². The number of pyridine rings is 1. The minimum absolute atomic E-state index is 0.272. The highest BCUT2D eigenvalue weighted by molar-refractivity contribution is 7.09. The van der Waals surface area contributed by atoms with E-state index in [1.54, 1.807) is 11.3 Å². The molecule has 2 aromatic rings. The molecule has 2 aromatic heterocycles. The van der Waals surface area contributed by atoms with Crippen molar-refractivity contribution in [3.63, 3.8) is 0 Å². The van der Waals surface area contributed by atoms with E-state index >= 15 is 0 Å². The first-order valence-electron chi connectivity index (χ1n) is 4.88. The van der Waals surface area contributed by atoms with Gasteiger partial charge in [-0.2, -0.15) is 0 Å². The Labute approximate surface area is 93.2 Å². The highest BCUT2D eigenvalue weighted by Crippen LogP contribution is 2.11. The molecule has 1 atom stereocenters. The molecule has 1 unspecified atom stereocenters. The summed E-state index contributed by atoms with van der Waals surface area (Å²) in [5.74, 6) is 0. The molecule has 0 fully saturated rings. The van der Waals surface area contributed by atoms with Crippen LogP contribution in [0.3, 0.4) is 0 Å². The normalized spacial score (nSPS) is 12.6. The highest BCUT2D eigenvalue weighted by Gasteiger charge is 2.05. The summed E-state index contributed by atoms with van der Waals surface area (Å²) in [6.07, 6.45) is 3.71. The molecule has 78 valence electrons. The van der Waals surface area contributed by atoms with Crippen LogP contribution in [0.1, 0.15) is 23.5 Å².